The molecule has 1 aromatic heterocycles. The highest BCUT2D eigenvalue weighted by molar-refractivity contribution is 6.33. The molecule has 2 N–H and O–H groups in total. The van der Waals surface area contributed by atoms with Gasteiger partial charge in [-0.15, -0.1) is 0 Å². The van der Waals surface area contributed by atoms with Crippen molar-refractivity contribution in [3.63, 3.8) is 0 Å². The first-order valence-electron chi connectivity index (χ1n) is 6.23. The van der Waals surface area contributed by atoms with Crippen LogP contribution in [0.15, 0.2) is 12.3 Å². The molecule has 1 rings (SSSR count). The number of hydrogen-bond acceptors (Lipinski definition) is 4. The minimum Gasteiger partial charge on any atom is -0.384 e. The number of amides is 1. The van der Waals surface area contributed by atoms with Crippen molar-refractivity contribution in [1.29, 1.82) is 0 Å². The number of carbonyl (C=O) groups is 1. The van der Waals surface area contributed by atoms with Gasteiger partial charge in [0.15, 0.2) is 0 Å². The number of halogens is 1. The Kier molecular flexibility index (Phi) is 5.57. The standard InChI is InChI=1S/C13H21ClN4O/c1-5-18(9(2)8-17(3)4)13(19)10-6-12(15)16-7-11(10)14/h6-7,9H,5,8H2,1-4H3,(H2,15,16). The van der Waals surface area contributed by atoms with E-state index in [9.17, 15) is 4.79 Å². The lowest BCUT2D eigenvalue weighted by Gasteiger charge is -2.30. The fourth-order valence-electron chi connectivity index (χ4n) is 2.06. The lowest BCUT2D eigenvalue weighted by Crippen LogP contribution is -2.43. The van der Waals surface area contributed by atoms with E-state index in [2.05, 4.69) is 4.98 Å². The van der Waals surface area contributed by atoms with Crippen LogP contribution in [-0.2, 0) is 0 Å². The molecule has 5 nitrogen and oxygen atoms in total. The number of anilines is 1. The van der Waals surface area contributed by atoms with Crippen molar-refractivity contribution in [1.82, 2.24) is 14.8 Å². The maximum atomic E-state index is 12.5. The number of nitrogens with zero attached hydrogens (tertiary/aromatic N) is 3. The fraction of sp³-hybridized carbons (Fsp3) is 0.538. The summed E-state index contributed by atoms with van der Waals surface area (Å²) in [4.78, 5) is 20.2. The van der Waals surface area contributed by atoms with Gasteiger partial charge in [-0.05, 0) is 34.0 Å². The zero-order chi connectivity index (χ0) is 14.6. The average Bonchev–Trinajstić information content (AvgIpc) is 2.32. The predicted molar refractivity (Wildman–Crippen MR) is 78.4 cm³/mol. The van der Waals surface area contributed by atoms with Gasteiger partial charge in [-0.3, -0.25) is 4.79 Å². The summed E-state index contributed by atoms with van der Waals surface area (Å²) < 4.78 is 0. The molecule has 0 fully saturated rings. The van der Waals surface area contributed by atoms with Gasteiger partial charge in [0.2, 0.25) is 0 Å². The van der Waals surface area contributed by atoms with Gasteiger partial charge in [-0.25, -0.2) is 4.98 Å². The van der Waals surface area contributed by atoms with Crippen molar-refractivity contribution in [2.45, 2.75) is 19.9 Å². The first-order valence-corrected chi connectivity index (χ1v) is 6.61. The van der Waals surface area contributed by atoms with Crippen molar-refractivity contribution >= 4 is 23.3 Å². The maximum Gasteiger partial charge on any atom is 0.255 e. The Morgan fingerprint density at radius 1 is 1.53 bits per heavy atom. The van der Waals surface area contributed by atoms with E-state index in [0.717, 1.165) is 6.54 Å². The van der Waals surface area contributed by atoms with Crippen LogP contribution in [0.25, 0.3) is 0 Å². The van der Waals surface area contributed by atoms with Crippen molar-refractivity contribution in [3.8, 4) is 0 Å². The number of aromatic nitrogens is 1. The molecule has 6 heteroatoms. The van der Waals surface area contributed by atoms with Gasteiger partial charge in [-0.1, -0.05) is 11.6 Å². The fourth-order valence-corrected chi connectivity index (χ4v) is 2.24. The Bertz CT molecular complexity index is 450. The SMILES string of the molecule is CCN(C(=O)c1cc(N)ncc1Cl)C(C)CN(C)C. The first kappa shape index (κ1) is 15.7. The highest BCUT2D eigenvalue weighted by Gasteiger charge is 2.22. The quantitative estimate of drug-likeness (QED) is 0.894. The molecule has 106 valence electrons. The van der Waals surface area contributed by atoms with E-state index in [0.29, 0.717) is 22.9 Å². The molecule has 0 aliphatic carbocycles. The monoisotopic (exact) mass is 284 g/mol. The van der Waals surface area contributed by atoms with Crippen LogP contribution < -0.4 is 5.73 Å². The van der Waals surface area contributed by atoms with Crippen molar-refractivity contribution in [3.05, 3.63) is 22.8 Å². The van der Waals surface area contributed by atoms with Gasteiger partial charge < -0.3 is 15.5 Å². The molecule has 0 saturated heterocycles. The summed E-state index contributed by atoms with van der Waals surface area (Å²) in [5.74, 6) is 0.181. The minimum absolute atomic E-state index is 0.0953. The van der Waals surface area contributed by atoms with Gasteiger partial charge in [0, 0.05) is 25.3 Å². The number of pyridine rings is 1. The lowest BCUT2D eigenvalue weighted by atomic mass is 10.2. The number of nitrogens with two attached hydrogens (primary N) is 1. The van der Waals surface area contributed by atoms with Crippen LogP contribution in [0.2, 0.25) is 5.02 Å². The van der Waals surface area contributed by atoms with Gasteiger partial charge in [0.25, 0.3) is 5.91 Å². The Balaban J connectivity index is 2.98. The Labute approximate surface area is 119 Å². The summed E-state index contributed by atoms with van der Waals surface area (Å²) in [6.07, 6.45) is 1.41. The molecule has 0 spiro atoms. The van der Waals surface area contributed by atoms with Crippen LogP contribution in [0.1, 0.15) is 24.2 Å². The van der Waals surface area contributed by atoms with Crippen molar-refractivity contribution in [2.75, 3.05) is 32.9 Å². The lowest BCUT2D eigenvalue weighted by molar-refractivity contribution is 0.0679. The Hall–Kier alpha value is -1.33. The molecule has 0 aliphatic rings. The first-order chi connectivity index (χ1) is 8.86. The molecule has 19 heavy (non-hydrogen) atoms. The van der Waals surface area contributed by atoms with Crippen LogP contribution in [0.4, 0.5) is 5.82 Å². The third-order valence-electron chi connectivity index (χ3n) is 2.87. The Morgan fingerprint density at radius 2 is 2.16 bits per heavy atom. The molecular weight excluding hydrogens is 264 g/mol. The molecule has 1 atom stereocenters. The second-order valence-corrected chi connectivity index (χ2v) is 5.20. The van der Waals surface area contributed by atoms with E-state index in [1.54, 1.807) is 4.90 Å². The highest BCUT2D eigenvalue weighted by Crippen LogP contribution is 2.19. The van der Waals surface area contributed by atoms with E-state index < -0.39 is 0 Å². The van der Waals surface area contributed by atoms with Crippen LogP contribution in [-0.4, -0.2) is 53.9 Å². The third-order valence-corrected chi connectivity index (χ3v) is 3.17. The predicted octanol–water partition coefficient (Wildman–Crippen LogP) is 1.73. The van der Waals surface area contributed by atoms with E-state index in [1.807, 2.05) is 32.8 Å². The molecule has 0 radical (unpaired) electrons. The van der Waals surface area contributed by atoms with Crippen LogP contribution in [0.3, 0.4) is 0 Å². The topological polar surface area (TPSA) is 62.5 Å². The smallest absolute Gasteiger partial charge is 0.255 e. The molecule has 0 saturated carbocycles. The summed E-state index contributed by atoms with van der Waals surface area (Å²) in [6, 6.07) is 1.62. The number of rotatable bonds is 5. The maximum absolute atomic E-state index is 12.5. The summed E-state index contributed by atoms with van der Waals surface area (Å²) in [5, 5.41) is 0.328. The molecule has 1 heterocycles. The van der Waals surface area contributed by atoms with Crippen LogP contribution in [0.5, 0.6) is 0 Å². The van der Waals surface area contributed by atoms with Gasteiger partial charge in [0.05, 0.1) is 10.6 Å². The van der Waals surface area contributed by atoms with E-state index in [1.165, 1.54) is 12.3 Å². The summed E-state index contributed by atoms with van der Waals surface area (Å²) in [5.41, 5.74) is 6.02. The summed E-state index contributed by atoms with van der Waals surface area (Å²) in [6.45, 7) is 5.37. The molecule has 1 aromatic rings. The van der Waals surface area contributed by atoms with Gasteiger partial charge in [-0.2, -0.15) is 0 Å². The second kappa shape index (κ2) is 6.73. The van der Waals surface area contributed by atoms with Crippen LogP contribution in [0, 0.1) is 0 Å². The third kappa shape index (κ3) is 4.08. The van der Waals surface area contributed by atoms with Crippen molar-refractivity contribution in [2.24, 2.45) is 0 Å². The van der Waals surface area contributed by atoms with Crippen LogP contribution >= 0.6 is 11.6 Å². The summed E-state index contributed by atoms with van der Waals surface area (Å²) in [7, 11) is 3.96. The minimum atomic E-state index is -0.115. The molecular formula is C13H21ClN4O. The number of hydrogen-bond donors (Lipinski definition) is 1. The molecule has 1 amide bonds. The number of nitrogen functional groups attached to an aromatic ring is 1. The highest BCUT2D eigenvalue weighted by atomic mass is 35.5. The molecule has 0 bridgehead atoms. The van der Waals surface area contributed by atoms with Gasteiger partial charge in [0.1, 0.15) is 5.82 Å². The molecule has 1 unspecified atom stereocenters. The van der Waals surface area contributed by atoms with E-state index in [-0.39, 0.29) is 11.9 Å². The second-order valence-electron chi connectivity index (χ2n) is 4.79. The normalized spacial score (nSPS) is 12.5. The average molecular weight is 285 g/mol. The Morgan fingerprint density at radius 3 is 2.68 bits per heavy atom. The zero-order valence-electron chi connectivity index (χ0n) is 11.9. The van der Waals surface area contributed by atoms with Gasteiger partial charge >= 0.3 is 0 Å². The van der Waals surface area contributed by atoms with E-state index in [4.69, 9.17) is 17.3 Å². The molecule has 0 aromatic carbocycles. The number of likely N-dealkylation sites (N-methyl/N-ethyl adjacent to an activating group) is 2. The summed E-state index contributed by atoms with van der Waals surface area (Å²) >= 11 is 6.03. The largest absolute Gasteiger partial charge is 0.384 e. The van der Waals surface area contributed by atoms with Crippen molar-refractivity contribution < 1.29 is 4.79 Å². The zero-order valence-corrected chi connectivity index (χ0v) is 12.6. The molecule has 0 aliphatic heterocycles. The number of carbonyl (C=O) groups excluding carboxylic acids is 1. The van der Waals surface area contributed by atoms with E-state index >= 15 is 0 Å².